The first kappa shape index (κ1) is 11.4. The van der Waals surface area contributed by atoms with Gasteiger partial charge in [-0.25, -0.2) is 4.98 Å². The molecule has 0 radical (unpaired) electrons. The maximum atomic E-state index is 11.7. The maximum Gasteiger partial charge on any atom is 0.252 e. The van der Waals surface area contributed by atoms with Crippen LogP contribution in [-0.4, -0.2) is 30.6 Å². The summed E-state index contributed by atoms with van der Waals surface area (Å²) in [5, 5.41) is 3.25. The van der Waals surface area contributed by atoms with E-state index in [2.05, 4.69) is 10.3 Å². The number of hydrogen-bond donors (Lipinski definition) is 1. The summed E-state index contributed by atoms with van der Waals surface area (Å²) in [7, 11) is 0. The van der Waals surface area contributed by atoms with Gasteiger partial charge in [-0.15, -0.1) is 0 Å². The van der Waals surface area contributed by atoms with E-state index < -0.39 is 0 Å². The Hall–Kier alpha value is -1.13. The van der Waals surface area contributed by atoms with E-state index in [4.69, 9.17) is 16.3 Å². The molecule has 0 spiro atoms. The number of halogens is 1. The Kier molecular flexibility index (Phi) is 3.74. The molecule has 1 aromatic heterocycles. The fourth-order valence-corrected chi connectivity index (χ4v) is 1.71. The molecule has 0 bridgehead atoms. The lowest BCUT2D eigenvalue weighted by Crippen LogP contribution is -2.29. The van der Waals surface area contributed by atoms with Crippen LogP contribution in [0.2, 0.25) is 5.15 Å². The third kappa shape index (κ3) is 2.93. The minimum atomic E-state index is -0.115. The van der Waals surface area contributed by atoms with Crippen molar-refractivity contribution in [3.05, 3.63) is 29.0 Å². The van der Waals surface area contributed by atoms with Crippen molar-refractivity contribution < 1.29 is 9.53 Å². The van der Waals surface area contributed by atoms with Crippen LogP contribution in [0.1, 0.15) is 16.8 Å². The number of aromatic nitrogens is 1. The molecule has 2 heterocycles. The Morgan fingerprint density at radius 3 is 3.12 bits per heavy atom. The summed E-state index contributed by atoms with van der Waals surface area (Å²) in [5.41, 5.74) is 0.531. The zero-order valence-corrected chi connectivity index (χ0v) is 9.54. The van der Waals surface area contributed by atoms with E-state index in [0.29, 0.717) is 23.2 Å². The first-order valence-corrected chi connectivity index (χ1v) is 5.61. The van der Waals surface area contributed by atoms with Crippen LogP contribution in [0.3, 0.4) is 0 Å². The van der Waals surface area contributed by atoms with Crippen LogP contribution in [0.4, 0.5) is 0 Å². The molecule has 1 saturated heterocycles. The van der Waals surface area contributed by atoms with Gasteiger partial charge in [0.15, 0.2) is 0 Å². The molecular formula is C11H13ClN2O2. The van der Waals surface area contributed by atoms with E-state index in [9.17, 15) is 4.79 Å². The SMILES string of the molecule is O=C(NCC1CCOC1)c1ccc(Cl)nc1. The minimum absolute atomic E-state index is 0.115. The lowest BCUT2D eigenvalue weighted by atomic mass is 10.1. The number of rotatable bonds is 3. The van der Waals surface area contributed by atoms with Gasteiger partial charge in [0.2, 0.25) is 0 Å². The second-order valence-corrected chi connectivity index (χ2v) is 4.20. The van der Waals surface area contributed by atoms with Gasteiger partial charge in [0.05, 0.1) is 12.2 Å². The summed E-state index contributed by atoms with van der Waals surface area (Å²) in [6.45, 7) is 2.18. The number of carbonyl (C=O) groups excluding carboxylic acids is 1. The monoisotopic (exact) mass is 240 g/mol. The Morgan fingerprint density at radius 1 is 1.62 bits per heavy atom. The molecule has 1 aromatic rings. The van der Waals surface area contributed by atoms with Gasteiger partial charge in [0.1, 0.15) is 5.15 Å². The lowest BCUT2D eigenvalue weighted by Gasteiger charge is -2.09. The first-order chi connectivity index (χ1) is 7.75. The average Bonchev–Trinajstić information content (AvgIpc) is 2.80. The number of nitrogens with zero attached hydrogens (tertiary/aromatic N) is 1. The molecule has 1 atom stereocenters. The van der Waals surface area contributed by atoms with Crippen molar-refractivity contribution in [2.45, 2.75) is 6.42 Å². The molecule has 1 aliphatic rings. The first-order valence-electron chi connectivity index (χ1n) is 5.23. The van der Waals surface area contributed by atoms with E-state index in [1.54, 1.807) is 12.1 Å². The second-order valence-electron chi connectivity index (χ2n) is 3.81. The van der Waals surface area contributed by atoms with E-state index >= 15 is 0 Å². The Labute approximate surface area is 99.0 Å². The fraction of sp³-hybridized carbons (Fsp3) is 0.455. The van der Waals surface area contributed by atoms with Crippen LogP contribution in [-0.2, 0) is 4.74 Å². The summed E-state index contributed by atoms with van der Waals surface area (Å²) in [6, 6.07) is 3.27. The number of amides is 1. The minimum Gasteiger partial charge on any atom is -0.381 e. The van der Waals surface area contributed by atoms with Gasteiger partial charge >= 0.3 is 0 Å². The highest BCUT2D eigenvalue weighted by atomic mass is 35.5. The van der Waals surface area contributed by atoms with Crippen molar-refractivity contribution in [2.75, 3.05) is 19.8 Å². The number of hydrogen-bond acceptors (Lipinski definition) is 3. The lowest BCUT2D eigenvalue weighted by molar-refractivity contribution is 0.0944. The molecule has 4 nitrogen and oxygen atoms in total. The highest BCUT2D eigenvalue weighted by molar-refractivity contribution is 6.29. The quantitative estimate of drug-likeness (QED) is 0.815. The van der Waals surface area contributed by atoms with Crippen LogP contribution in [0.25, 0.3) is 0 Å². The van der Waals surface area contributed by atoms with Gasteiger partial charge < -0.3 is 10.1 Å². The molecule has 1 fully saturated rings. The average molecular weight is 241 g/mol. The van der Waals surface area contributed by atoms with Gasteiger partial charge in [0, 0.05) is 25.3 Å². The van der Waals surface area contributed by atoms with E-state index in [-0.39, 0.29) is 5.91 Å². The topological polar surface area (TPSA) is 51.2 Å². The van der Waals surface area contributed by atoms with E-state index in [1.807, 2.05) is 0 Å². The fourth-order valence-electron chi connectivity index (χ4n) is 1.59. The summed E-state index contributed by atoms with van der Waals surface area (Å²) >= 11 is 5.64. The molecule has 1 aliphatic heterocycles. The Balaban J connectivity index is 1.85. The zero-order valence-electron chi connectivity index (χ0n) is 8.78. The predicted octanol–water partition coefficient (Wildman–Crippen LogP) is 1.50. The number of carbonyl (C=O) groups is 1. The second kappa shape index (κ2) is 5.27. The number of nitrogens with one attached hydrogen (secondary N) is 1. The van der Waals surface area contributed by atoms with Crippen molar-refractivity contribution in [3.63, 3.8) is 0 Å². The standard InChI is InChI=1S/C11H13ClN2O2/c12-10-2-1-9(6-13-10)11(15)14-5-8-3-4-16-7-8/h1-2,6,8H,3-5,7H2,(H,14,15). The highest BCUT2D eigenvalue weighted by Gasteiger charge is 2.16. The van der Waals surface area contributed by atoms with Crippen molar-refractivity contribution in [2.24, 2.45) is 5.92 Å². The van der Waals surface area contributed by atoms with Gasteiger partial charge in [-0.1, -0.05) is 11.6 Å². The molecular weight excluding hydrogens is 228 g/mol. The third-order valence-corrected chi connectivity index (χ3v) is 2.79. The number of pyridine rings is 1. The van der Waals surface area contributed by atoms with Crippen molar-refractivity contribution >= 4 is 17.5 Å². The molecule has 1 N–H and O–H groups in total. The predicted molar refractivity (Wildman–Crippen MR) is 60.5 cm³/mol. The van der Waals surface area contributed by atoms with Crippen LogP contribution in [0.5, 0.6) is 0 Å². The van der Waals surface area contributed by atoms with Crippen LogP contribution < -0.4 is 5.32 Å². The van der Waals surface area contributed by atoms with Crippen LogP contribution >= 0.6 is 11.6 Å². The van der Waals surface area contributed by atoms with Crippen molar-refractivity contribution in [1.82, 2.24) is 10.3 Å². The molecule has 0 saturated carbocycles. The summed E-state index contributed by atoms with van der Waals surface area (Å²) in [6.07, 6.45) is 2.49. The summed E-state index contributed by atoms with van der Waals surface area (Å²) < 4.78 is 5.23. The zero-order chi connectivity index (χ0) is 11.4. The molecule has 1 amide bonds. The molecule has 5 heteroatoms. The molecule has 0 aliphatic carbocycles. The van der Waals surface area contributed by atoms with Crippen LogP contribution in [0.15, 0.2) is 18.3 Å². The Morgan fingerprint density at radius 2 is 2.50 bits per heavy atom. The molecule has 2 rings (SSSR count). The van der Waals surface area contributed by atoms with Gasteiger partial charge in [0.25, 0.3) is 5.91 Å². The van der Waals surface area contributed by atoms with Gasteiger partial charge in [-0.3, -0.25) is 4.79 Å². The smallest absolute Gasteiger partial charge is 0.252 e. The van der Waals surface area contributed by atoms with E-state index in [0.717, 1.165) is 19.6 Å². The summed E-state index contributed by atoms with van der Waals surface area (Å²) in [4.78, 5) is 15.5. The van der Waals surface area contributed by atoms with E-state index in [1.165, 1.54) is 6.20 Å². The van der Waals surface area contributed by atoms with Crippen LogP contribution in [0, 0.1) is 5.92 Å². The largest absolute Gasteiger partial charge is 0.381 e. The summed E-state index contributed by atoms with van der Waals surface area (Å²) in [5.74, 6) is 0.320. The molecule has 1 unspecified atom stereocenters. The maximum absolute atomic E-state index is 11.7. The molecule has 86 valence electrons. The van der Waals surface area contributed by atoms with Crippen molar-refractivity contribution in [1.29, 1.82) is 0 Å². The third-order valence-electron chi connectivity index (χ3n) is 2.56. The Bertz CT molecular complexity index is 361. The van der Waals surface area contributed by atoms with Gasteiger partial charge in [-0.2, -0.15) is 0 Å². The van der Waals surface area contributed by atoms with Crippen molar-refractivity contribution in [3.8, 4) is 0 Å². The molecule has 16 heavy (non-hydrogen) atoms. The molecule has 0 aromatic carbocycles. The normalized spacial score (nSPS) is 19.7. The van der Waals surface area contributed by atoms with Gasteiger partial charge in [-0.05, 0) is 18.6 Å². The highest BCUT2D eigenvalue weighted by Crippen LogP contribution is 2.11. The number of ether oxygens (including phenoxy) is 1.